The monoisotopic (exact) mass is 313 g/mol. The van der Waals surface area contributed by atoms with Crippen molar-refractivity contribution in [2.45, 2.75) is 25.7 Å². The molecule has 0 aliphatic rings. The number of anilines is 1. The molecule has 0 aliphatic heterocycles. The number of benzene rings is 1. The van der Waals surface area contributed by atoms with Gasteiger partial charge < -0.3 is 5.32 Å². The fourth-order valence-corrected chi connectivity index (χ4v) is 2.10. The van der Waals surface area contributed by atoms with Gasteiger partial charge in [0, 0.05) is 22.3 Å². The van der Waals surface area contributed by atoms with Crippen LogP contribution in [0.15, 0.2) is 22.7 Å². The van der Waals surface area contributed by atoms with E-state index in [0.29, 0.717) is 11.4 Å². The molecule has 1 N–H and O–H groups in total. The molecule has 1 amide bonds. The van der Waals surface area contributed by atoms with Gasteiger partial charge in [-0.1, -0.05) is 11.6 Å². The zero-order valence-electron chi connectivity index (χ0n) is 9.30. The average molecular weight is 315 g/mol. The molecule has 0 fully saturated rings. The van der Waals surface area contributed by atoms with Crippen molar-refractivity contribution in [1.29, 1.82) is 0 Å². The smallest absolute Gasteiger partial charge is 0.224 e. The molecule has 0 heterocycles. The predicted molar refractivity (Wildman–Crippen MR) is 75.1 cm³/mol. The van der Waals surface area contributed by atoms with Gasteiger partial charge in [0.1, 0.15) is 0 Å². The van der Waals surface area contributed by atoms with Crippen LogP contribution in [0.4, 0.5) is 5.69 Å². The van der Waals surface area contributed by atoms with Gasteiger partial charge in [-0.3, -0.25) is 4.79 Å². The van der Waals surface area contributed by atoms with Crippen LogP contribution in [0.3, 0.4) is 0 Å². The van der Waals surface area contributed by atoms with Gasteiger partial charge in [0.25, 0.3) is 0 Å². The van der Waals surface area contributed by atoms with E-state index in [1.165, 1.54) is 0 Å². The minimum Gasteiger partial charge on any atom is -0.325 e. The second-order valence-corrected chi connectivity index (χ2v) is 4.87. The molecule has 17 heavy (non-hydrogen) atoms. The van der Waals surface area contributed by atoms with Gasteiger partial charge in [-0.15, -0.1) is 12.3 Å². The summed E-state index contributed by atoms with van der Waals surface area (Å²) in [5, 5.41) is 3.45. The van der Waals surface area contributed by atoms with Crippen LogP contribution < -0.4 is 5.32 Å². The summed E-state index contributed by atoms with van der Waals surface area (Å²) < 4.78 is 0.780. The Hall–Kier alpha value is -0.980. The van der Waals surface area contributed by atoms with Gasteiger partial charge in [-0.25, -0.2) is 0 Å². The summed E-state index contributed by atoms with van der Waals surface area (Å²) in [6, 6.07) is 5.25. The molecular formula is C13H13BrClNO. The lowest BCUT2D eigenvalue weighted by atomic mass is 10.2. The van der Waals surface area contributed by atoms with Crippen LogP contribution in [-0.4, -0.2) is 5.91 Å². The molecule has 0 aromatic heterocycles. The van der Waals surface area contributed by atoms with Crippen molar-refractivity contribution in [3.63, 3.8) is 0 Å². The molecule has 1 rings (SSSR count). The number of hydrogen-bond donors (Lipinski definition) is 1. The first-order valence-corrected chi connectivity index (χ1v) is 6.49. The predicted octanol–water partition coefficient (Wildman–Crippen LogP) is 4.23. The Bertz CT molecular complexity index is 440. The third kappa shape index (κ3) is 5.25. The summed E-state index contributed by atoms with van der Waals surface area (Å²) in [7, 11) is 0. The van der Waals surface area contributed by atoms with Crippen LogP contribution in [0.25, 0.3) is 0 Å². The molecule has 0 aliphatic carbocycles. The first-order chi connectivity index (χ1) is 8.13. The highest BCUT2D eigenvalue weighted by atomic mass is 79.9. The number of halogens is 2. The van der Waals surface area contributed by atoms with Gasteiger partial charge in [0.2, 0.25) is 5.91 Å². The van der Waals surface area contributed by atoms with Crippen LogP contribution in [0.2, 0.25) is 5.02 Å². The van der Waals surface area contributed by atoms with E-state index in [1.54, 1.807) is 18.2 Å². The van der Waals surface area contributed by atoms with Crippen molar-refractivity contribution >= 4 is 39.1 Å². The SMILES string of the molecule is C#CCCCCC(=O)Nc1ccc(Cl)cc1Br. The topological polar surface area (TPSA) is 29.1 Å². The molecular weight excluding hydrogens is 302 g/mol. The van der Waals surface area contributed by atoms with Crippen LogP contribution in [0.1, 0.15) is 25.7 Å². The lowest BCUT2D eigenvalue weighted by molar-refractivity contribution is -0.116. The minimum absolute atomic E-state index is 0.00922. The third-order valence-corrected chi connectivity index (χ3v) is 3.07. The quantitative estimate of drug-likeness (QED) is 0.639. The molecule has 4 heteroatoms. The van der Waals surface area contributed by atoms with Gasteiger partial charge in [-0.2, -0.15) is 0 Å². The Kier molecular flexibility index (Phi) is 6.10. The molecule has 90 valence electrons. The average Bonchev–Trinajstić information content (AvgIpc) is 2.28. The molecule has 0 radical (unpaired) electrons. The standard InChI is InChI=1S/C13H13BrClNO/c1-2-3-4-5-6-13(17)16-12-8-7-10(15)9-11(12)14/h1,7-9H,3-6H2,(H,16,17). The molecule has 0 saturated heterocycles. The Balaban J connectivity index is 2.43. The molecule has 2 nitrogen and oxygen atoms in total. The second-order valence-electron chi connectivity index (χ2n) is 3.58. The highest BCUT2D eigenvalue weighted by molar-refractivity contribution is 9.10. The highest BCUT2D eigenvalue weighted by Crippen LogP contribution is 2.26. The Morgan fingerprint density at radius 3 is 2.88 bits per heavy atom. The lowest BCUT2D eigenvalue weighted by Crippen LogP contribution is -2.11. The third-order valence-electron chi connectivity index (χ3n) is 2.18. The summed E-state index contributed by atoms with van der Waals surface area (Å²) >= 11 is 9.15. The molecule has 0 unspecified atom stereocenters. The van der Waals surface area contributed by atoms with Crippen LogP contribution >= 0.6 is 27.5 Å². The Morgan fingerprint density at radius 2 is 2.24 bits per heavy atom. The number of nitrogens with one attached hydrogen (secondary N) is 1. The first-order valence-electron chi connectivity index (χ1n) is 5.32. The number of hydrogen-bond acceptors (Lipinski definition) is 1. The summed E-state index contributed by atoms with van der Waals surface area (Å²) in [5.74, 6) is 2.54. The van der Waals surface area contributed by atoms with Crippen LogP contribution in [0, 0.1) is 12.3 Å². The normalized spacial score (nSPS) is 9.71. The molecule has 0 bridgehead atoms. The number of amides is 1. The summed E-state index contributed by atoms with van der Waals surface area (Å²) in [5.41, 5.74) is 0.733. The minimum atomic E-state index is -0.00922. The molecule has 0 spiro atoms. The van der Waals surface area contributed by atoms with Crippen LogP contribution in [0.5, 0.6) is 0 Å². The molecule has 0 saturated carbocycles. The fraction of sp³-hybridized carbons (Fsp3) is 0.308. The van der Waals surface area contributed by atoms with E-state index in [-0.39, 0.29) is 5.91 Å². The van der Waals surface area contributed by atoms with E-state index >= 15 is 0 Å². The van der Waals surface area contributed by atoms with Gasteiger partial charge >= 0.3 is 0 Å². The molecule has 0 atom stereocenters. The van der Waals surface area contributed by atoms with Crippen molar-refractivity contribution < 1.29 is 4.79 Å². The maximum Gasteiger partial charge on any atom is 0.224 e. The van der Waals surface area contributed by atoms with Crippen LogP contribution in [-0.2, 0) is 4.79 Å². The maximum atomic E-state index is 11.6. The van der Waals surface area contributed by atoms with E-state index in [1.807, 2.05) is 0 Å². The second kappa shape index (κ2) is 7.37. The summed E-state index contributed by atoms with van der Waals surface area (Å²) in [6.07, 6.45) is 8.02. The first kappa shape index (κ1) is 14.1. The van der Waals surface area contributed by atoms with Crippen molar-refractivity contribution in [3.8, 4) is 12.3 Å². The number of unbranched alkanes of at least 4 members (excludes halogenated alkanes) is 2. The number of carbonyl (C=O) groups is 1. The van der Waals surface area contributed by atoms with Crippen molar-refractivity contribution in [3.05, 3.63) is 27.7 Å². The zero-order valence-corrected chi connectivity index (χ0v) is 11.6. The van der Waals surface area contributed by atoms with Gasteiger partial charge in [-0.05, 0) is 47.0 Å². The molecule has 1 aromatic rings. The number of carbonyl (C=O) groups excluding carboxylic acids is 1. The van der Waals surface area contributed by atoms with Crippen molar-refractivity contribution in [1.82, 2.24) is 0 Å². The summed E-state index contributed by atoms with van der Waals surface area (Å²) in [6.45, 7) is 0. The van der Waals surface area contributed by atoms with E-state index in [4.69, 9.17) is 18.0 Å². The summed E-state index contributed by atoms with van der Waals surface area (Å²) in [4.78, 5) is 11.6. The van der Waals surface area contributed by atoms with E-state index in [9.17, 15) is 4.79 Å². The van der Waals surface area contributed by atoms with Gasteiger partial charge in [0.05, 0.1) is 5.69 Å². The van der Waals surface area contributed by atoms with E-state index < -0.39 is 0 Å². The maximum absolute atomic E-state index is 11.6. The largest absolute Gasteiger partial charge is 0.325 e. The number of rotatable bonds is 5. The van der Waals surface area contributed by atoms with Crippen molar-refractivity contribution in [2.24, 2.45) is 0 Å². The molecule has 1 aromatic carbocycles. The van der Waals surface area contributed by atoms with E-state index in [0.717, 1.165) is 29.4 Å². The lowest BCUT2D eigenvalue weighted by Gasteiger charge is -2.07. The Labute approximate surface area is 115 Å². The Morgan fingerprint density at radius 1 is 1.47 bits per heavy atom. The van der Waals surface area contributed by atoms with Gasteiger partial charge in [0.15, 0.2) is 0 Å². The fourth-order valence-electron chi connectivity index (χ4n) is 1.32. The van der Waals surface area contributed by atoms with Crippen molar-refractivity contribution in [2.75, 3.05) is 5.32 Å². The van der Waals surface area contributed by atoms with E-state index in [2.05, 4.69) is 27.2 Å². The number of terminal acetylenes is 1. The zero-order chi connectivity index (χ0) is 12.7. The highest BCUT2D eigenvalue weighted by Gasteiger charge is 2.05.